The van der Waals surface area contributed by atoms with Gasteiger partial charge in [-0.2, -0.15) is 0 Å². The van der Waals surface area contributed by atoms with Crippen LogP contribution in [-0.4, -0.2) is 57.4 Å². The van der Waals surface area contributed by atoms with Gasteiger partial charge in [-0.1, -0.05) is 30.6 Å². The van der Waals surface area contributed by atoms with E-state index in [1.807, 2.05) is 0 Å². The van der Waals surface area contributed by atoms with Crippen molar-refractivity contribution in [3.05, 3.63) is 16.3 Å². The number of fused-ring (bicyclic) bond motifs is 1. The van der Waals surface area contributed by atoms with Crippen LogP contribution >= 0.6 is 34.4 Å². The number of aryl methyl sites for hydroxylation is 2. The van der Waals surface area contributed by atoms with E-state index in [1.165, 1.54) is 42.5 Å². The Labute approximate surface area is 195 Å². The SMILES string of the molecule is Cc1sc2nc(CN3CCOCC3)nc(Sc3nnc(NC4CCCCC4)s3)c2c1C. The van der Waals surface area contributed by atoms with Gasteiger partial charge in [0.15, 0.2) is 4.34 Å². The number of rotatable bonds is 6. The second-order valence-corrected chi connectivity index (χ2v) is 11.7. The third-order valence-electron chi connectivity index (χ3n) is 6.03. The minimum absolute atomic E-state index is 0.534. The molecule has 0 radical (unpaired) electrons. The number of aromatic nitrogens is 4. The third-order valence-corrected chi connectivity index (χ3v) is 9.03. The molecule has 1 saturated carbocycles. The number of hydrogen-bond donors (Lipinski definition) is 1. The molecule has 1 N–H and O–H groups in total. The highest BCUT2D eigenvalue weighted by Crippen LogP contribution is 2.39. The highest BCUT2D eigenvalue weighted by atomic mass is 32.2. The van der Waals surface area contributed by atoms with Gasteiger partial charge in [-0.15, -0.1) is 21.5 Å². The molecular formula is C21H28N6OS3. The Morgan fingerprint density at radius 1 is 1.06 bits per heavy atom. The number of hydrogen-bond acceptors (Lipinski definition) is 10. The van der Waals surface area contributed by atoms with Crippen molar-refractivity contribution in [2.75, 3.05) is 31.6 Å². The molecule has 0 amide bonds. The Bertz CT molecular complexity index is 1040. The molecule has 166 valence electrons. The molecule has 0 bridgehead atoms. The molecule has 7 nitrogen and oxygen atoms in total. The van der Waals surface area contributed by atoms with Crippen LogP contribution in [0.25, 0.3) is 10.2 Å². The first-order valence-corrected chi connectivity index (χ1v) is 13.5. The molecule has 1 aliphatic carbocycles. The summed E-state index contributed by atoms with van der Waals surface area (Å²) in [5.41, 5.74) is 1.27. The van der Waals surface area contributed by atoms with Crippen LogP contribution in [0.2, 0.25) is 0 Å². The third kappa shape index (κ3) is 5.03. The molecular weight excluding hydrogens is 448 g/mol. The summed E-state index contributed by atoms with van der Waals surface area (Å²) >= 11 is 5.01. The maximum atomic E-state index is 5.48. The first-order valence-electron chi connectivity index (χ1n) is 11.0. The van der Waals surface area contributed by atoms with Crippen LogP contribution in [0, 0.1) is 13.8 Å². The van der Waals surface area contributed by atoms with Gasteiger partial charge in [0, 0.05) is 29.4 Å². The van der Waals surface area contributed by atoms with Gasteiger partial charge in [0.2, 0.25) is 5.13 Å². The zero-order valence-electron chi connectivity index (χ0n) is 18.0. The predicted molar refractivity (Wildman–Crippen MR) is 128 cm³/mol. The van der Waals surface area contributed by atoms with Gasteiger partial charge >= 0.3 is 0 Å². The van der Waals surface area contributed by atoms with Gasteiger partial charge in [-0.3, -0.25) is 4.90 Å². The van der Waals surface area contributed by atoms with Crippen LogP contribution in [0.3, 0.4) is 0 Å². The van der Waals surface area contributed by atoms with Gasteiger partial charge in [-0.05, 0) is 44.0 Å². The second kappa shape index (κ2) is 9.66. The molecule has 2 aliphatic rings. The van der Waals surface area contributed by atoms with Gasteiger partial charge in [0.25, 0.3) is 0 Å². The van der Waals surface area contributed by atoms with E-state index in [9.17, 15) is 0 Å². The Hall–Kier alpha value is -1.33. The van der Waals surface area contributed by atoms with Crippen LogP contribution in [0.5, 0.6) is 0 Å². The largest absolute Gasteiger partial charge is 0.379 e. The summed E-state index contributed by atoms with van der Waals surface area (Å²) in [4.78, 5) is 14.6. The van der Waals surface area contributed by atoms with E-state index in [0.717, 1.165) is 63.4 Å². The molecule has 0 atom stereocenters. The quantitative estimate of drug-likeness (QED) is 0.504. The van der Waals surface area contributed by atoms with E-state index in [2.05, 4.69) is 34.3 Å². The van der Waals surface area contributed by atoms with Crippen molar-refractivity contribution < 1.29 is 4.74 Å². The molecule has 1 aliphatic heterocycles. The smallest absolute Gasteiger partial charge is 0.206 e. The molecule has 3 aromatic heterocycles. The highest BCUT2D eigenvalue weighted by Gasteiger charge is 2.20. The average Bonchev–Trinajstić information content (AvgIpc) is 3.33. The van der Waals surface area contributed by atoms with E-state index >= 15 is 0 Å². The maximum absolute atomic E-state index is 5.48. The Kier molecular flexibility index (Phi) is 6.70. The lowest BCUT2D eigenvalue weighted by molar-refractivity contribution is 0.0330. The fourth-order valence-corrected chi connectivity index (χ4v) is 7.23. The number of anilines is 1. The second-order valence-electron chi connectivity index (χ2n) is 8.25. The number of nitrogens with zero attached hydrogens (tertiary/aromatic N) is 5. The van der Waals surface area contributed by atoms with Crippen molar-refractivity contribution in [2.24, 2.45) is 0 Å². The molecule has 3 aromatic rings. The van der Waals surface area contributed by atoms with E-state index in [0.29, 0.717) is 6.04 Å². The van der Waals surface area contributed by atoms with E-state index in [1.54, 1.807) is 34.4 Å². The topological polar surface area (TPSA) is 76.1 Å². The molecule has 10 heteroatoms. The molecule has 0 spiro atoms. The molecule has 2 fully saturated rings. The number of nitrogens with one attached hydrogen (secondary N) is 1. The molecule has 4 heterocycles. The molecule has 5 rings (SSSR count). The first-order chi connectivity index (χ1) is 15.2. The van der Waals surface area contributed by atoms with Gasteiger partial charge in [-0.25, -0.2) is 9.97 Å². The van der Waals surface area contributed by atoms with Crippen LogP contribution in [0.4, 0.5) is 5.13 Å². The summed E-state index contributed by atoms with van der Waals surface area (Å²) < 4.78 is 6.41. The normalized spacial score (nSPS) is 18.6. The lowest BCUT2D eigenvalue weighted by Gasteiger charge is -2.25. The Morgan fingerprint density at radius 3 is 2.68 bits per heavy atom. The van der Waals surface area contributed by atoms with Gasteiger partial charge in [0.1, 0.15) is 15.7 Å². The van der Waals surface area contributed by atoms with Crippen LogP contribution < -0.4 is 5.32 Å². The van der Waals surface area contributed by atoms with Crippen molar-refractivity contribution in [1.82, 2.24) is 25.1 Å². The average molecular weight is 477 g/mol. The van der Waals surface area contributed by atoms with Crippen molar-refractivity contribution >= 4 is 49.8 Å². The molecule has 0 unspecified atom stereocenters. The van der Waals surface area contributed by atoms with E-state index < -0.39 is 0 Å². The fraction of sp³-hybridized carbons (Fsp3) is 0.619. The molecule has 1 saturated heterocycles. The van der Waals surface area contributed by atoms with Gasteiger partial charge in [0.05, 0.1) is 19.8 Å². The van der Waals surface area contributed by atoms with Crippen molar-refractivity contribution in [3.63, 3.8) is 0 Å². The maximum Gasteiger partial charge on any atom is 0.206 e. The summed E-state index contributed by atoms with van der Waals surface area (Å²) in [5, 5.41) is 15.5. The van der Waals surface area contributed by atoms with Crippen molar-refractivity contribution in [2.45, 2.75) is 67.9 Å². The summed E-state index contributed by atoms with van der Waals surface area (Å²) in [6.45, 7) is 8.50. The zero-order valence-corrected chi connectivity index (χ0v) is 20.5. The lowest BCUT2D eigenvalue weighted by atomic mass is 9.96. The predicted octanol–water partition coefficient (Wildman–Crippen LogP) is 4.89. The summed E-state index contributed by atoms with van der Waals surface area (Å²) in [7, 11) is 0. The highest BCUT2D eigenvalue weighted by molar-refractivity contribution is 8.01. The van der Waals surface area contributed by atoms with Crippen molar-refractivity contribution in [3.8, 4) is 0 Å². The first kappa shape index (κ1) is 21.5. The van der Waals surface area contributed by atoms with E-state index in [-0.39, 0.29) is 0 Å². The minimum Gasteiger partial charge on any atom is -0.379 e. The number of ether oxygens (including phenoxy) is 1. The fourth-order valence-electron chi connectivity index (χ4n) is 4.17. The lowest BCUT2D eigenvalue weighted by Crippen LogP contribution is -2.36. The standard InChI is InChI=1S/C21H28N6OS3/c1-13-14(2)29-18-17(13)19(24-16(23-18)12-27-8-10-28-11-9-27)30-21-26-25-20(31-21)22-15-6-4-3-5-7-15/h15H,3-12H2,1-2H3,(H,22,25). The van der Waals surface area contributed by atoms with Crippen LogP contribution in [-0.2, 0) is 11.3 Å². The number of thiophene rings is 1. The van der Waals surface area contributed by atoms with Crippen LogP contribution in [0.15, 0.2) is 9.37 Å². The monoisotopic (exact) mass is 476 g/mol. The minimum atomic E-state index is 0.534. The summed E-state index contributed by atoms with van der Waals surface area (Å²) in [5.74, 6) is 0.878. The van der Waals surface area contributed by atoms with Gasteiger partial charge < -0.3 is 10.1 Å². The summed E-state index contributed by atoms with van der Waals surface area (Å²) in [6.07, 6.45) is 6.42. The summed E-state index contributed by atoms with van der Waals surface area (Å²) in [6, 6.07) is 0.534. The van der Waals surface area contributed by atoms with Crippen LogP contribution in [0.1, 0.15) is 48.4 Å². The van der Waals surface area contributed by atoms with E-state index in [4.69, 9.17) is 14.7 Å². The Morgan fingerprint density at radius 2 is 1.87 bits per heavy atom. The molecule has 31 heavy (non-hydrogen) atoms. The zero-order chi connectivity index (χ0) is 21.2. The van der Waals surface area contributed by atoms with Crippen molar-refractivity contribution in [1.29, 1.82) is 0 Å². The number of morpholine rings is 1. The molecule has 0 aromatic carbocycles. The Balaban J connectivity index is 1.38.